The van der Waals surface area contributed by atoms with E-state index in [1.54, 1.807) is 6.20 Å². The highest BCUT2D eigenvalue weighted by Crippen LogP contribution is 2.64. The molecule has 3 fully saturated rings. The lowest BCUT2D eigenvalue weighted by Crippen LogP contribution is -2.57. The van der Waals surface area contributed by atoms with Gasteiger partial charge in [0.1, 0.15) is 0 Å². The maximum Gasteiger partial charge on any atom is 0.255 e. The largest absolute Gasteiger partial charge is 0.301 e. The lowest BCUT2D eigenvalue weighted by molar-refractivity contribution is -0.0289. The first-order chi connectivity index (χ1) is 6.20. The van der Waals surface area contributed by atoms with Crippen molar-refractivity contribution >= 4 is 12.6 Å². The second-order valence-corrected chi connectivity index (χ2v) is 4.63. The van der Waals surface area contributed by atoms with Crippen LogP contribution in [0.25, 0.3) is 0 Å². The fourth-order valence-corrected chi connectivity index (χ4v) is 2.73. The van der Waals surface area contributed by atoms with Crippen molar-refractivity contribution in [3.63, 3.8) is 0 Å². The smallest absolute Gasteiger partial charge is 0.255 e. The molecule has 1 N–H and O–H groups in total. The fraction of sp³-hybridized carbons (Fsp3) is 0.556. The zero-order valence-electron chi connectivity index (χ0n) is 7.08. The average Bonchev–Trinajstić information content (AvgIpc) is 1.88. The van der Waals surface area contributed by atoms with Crippen molar-refractivity contribution in [3.05, 3.63) is 22.1 Å². The Morgan fingerprint density at radius 1 is 1.54 bits per heavy atom. The van der Waals surface area contributed by atoms with Crippen LogP contribution in [-0.2, 0) is 5.41 Å². The Bertz CT molecular complexity index is 409. The quantitative estimate of drug-likeness (QED) is 0.519. The topological polar surface area (TPSA) is 45.8 Å². The van der Waals surface area contributed by atoms with Crippen LogP contribution < -0.4 is 5.56 Å². The van der Waals surface area contributed by atoms with Gasteiger partial charge in [-0.25, -0.2) is 4.98 Å². The summed E-state index contributed by atoms with van der Waals surface area (Å²) >= 11 is 3.99. The molecule has 3 nitrogen and oxygen atoms in total. The van der Waals surface area contributed by atoms with Gasteiger partial charge in [-0.05, 0) is 25.2 Å². The van der Waals surface area contributed by atoms with Gasteiger partial charge < -0.3 is 4.98 Å². The minimum Gasteiger partial charge on any atom is -0.301 e. The van der Waals surface area contributed by atoms with Gasteiger partial charge in [0.05, 0.1) is 0 Å². The third-order valence-electron chi connectivity index (χ3n) is 3.40. The molecule has 0 radical (unpaired) electrons. The lowest BCUT2D eigenvalue weighted by atomic mass is 9.42. The molecule has 4 rings (SSSR count). The molecule has 0 unspecified atom stereocenters. The van der Waals surface area contributed by atoms with Crippen LogP contribution in [-0.4, -0.2) is 9.97 Å². The van der Waals surface area contributed by atoms with Gasteiger partial charge in [-0.3, -0.25) is 4.79 Å². The Balaban J connectivity index is 2.09. The number of nitrogens with zero attached hydrogens (tertiary/aromatic N) is 1. The molecule has 1 aromatic heterocycles. The molecule has 68 valence electrons. The molecule has 1 aromatic rings. The van der Waals surface area contributed by atoms with Gasteiger partial charge in [0.2, 0.25) is 0 Å². The van der Waals surface area contributed by atoms with Crippen molar-refractivity contribution in [2.75, 3.05) is 0 Å². The van der Waals surface area contributed by atoms with Gasteiger partial charge in [0.25, 0.3) is 5.56 Å². The second kappa shape index (κ2) is 2.18. The summed E-state index contributed by atoms with van der Waals surface area (Å²) in [7, 11) is 0. The Labute approximate surface area is 81.0 Å². The molecule has 0 spiro atoms. The summed E-state index contributed by atoms with van der Waals surface area (Å²) in [6.07, 6.45) is 5.24. The number of H-pyrrole nitrogens is 1. The van der Waals surface area contributed by atoms with Gasteiger partial charge >= 0.3 is 0 Å². The van der Waals surface area contributed by atoms with Gasteiger partial charge in [0, 0.05) is 17.2 Å². The van der Waals surface area contributed by atoms with Crippen molar-refractivity contribution in [3.8, 4) is 0 Å². The van der Waals surface area contributed by atoms with E-state index in [0.717, 1.165) is 11.5 Å². The molecule has 3 aliphatic carbocycles. The van der Waals surface area contributed by atoms with E-state index in [2.05, 4.69) is 22.6 Å². The van der Waals surface area contributed by atoms with Crippen molar-refractivity contribution in [1.82, 2.24) is 9.97 Å². The van der Waals surface area contributed by atoms with E-state index in [-0.39, 0.29) is 11.0 Å². The normalized spacial score (nSPS) is 35.0. The number of aromatic nitrogens is 2. The number of hydrogen-bond donors (Lipinski definition) is 2. The summed E-state index contributed by atoms with van der Waals surface area (Å²) in [5, 5.41) is 0.403. The molecule has 0 amide bonds. The average molecular weight is 194 g/mol. The van der Waals surface area contributed by atoms with Crippen LogP contribution in [0.1, 0.15) is 24.8 Å². The highest BCUT2D eigenvalue weighted by atomic mass is 32.1. The Kier molecular flexibility index (Phi) is 1.28. The zero-order valence-corrected chi connectivity index (χ0v) is 7.97. The third-order valence-corrected chi connectivity index (χ3v) is 3.62. The first-order valence-corrected chi connectivity index (χ1v) is 4.93. The summed E-state index contributed by atoms with van der Waals surface area (Å²) < 4.78 is 0. The molecule has 1 heterocycles. The highest BCUT2D eigenvalue weighted by Gasteiger charge is 2.58. The summed E-state index contributed by atoms with van der Waals surface area (Å²) in [6.45, 7) is 0. The van der Waals surface area contributed by atoms with Crippen molar-refractivity contribution in [2.45, 2.75) is 29.8 Å². The molecular weight excluding hydrogens is 184 g/mol. The zero-order chi connectivity index (χ0) is 9.05. The van der Waals surface area contributed by atoms with Crippen molar-refractivity contribution in [2.24, 2.45) is 5.92 Å². The maximum absolute atomic E-state index is 11.6. The predicted octanol–water partition coefficient (Wildman–Crippen LogP) is 1.11. The van der Waals surface area contributed by atoms with Crippen LogP contribution in [0.4, 0.5) is 0 Å². The van der Waals surface area contributed by atoms with Gasteiger partial charge in [-0.15, -0.1) is 12.6 Å². The van der Waals surface area contributed by atoms with Gasteiger partial charge in [-0.2, -0.15) is 0 Å². The number of hydrogen-bond acceptors (Lipinski definition) is 3. The number of aromatic amines is 1. The van der Waals surface area contributed by atoms with Crippen molar-refractivity contribution < 1.29 is 0 Å². The van der Waals surface area contributed by atoms with E-state index in [4.69, 9.17) is 0 Å². The number of thiol groups is 1. The van der Waals surface area contributed by atoms with Crippen LogP contribution in [0.5, 0.6) is 0 Å². The molecule has 13 heavy (non-hydrogen) atoms. The minimum atomic E-state index is -0.00171. The summed E-state index contributed by atoms with van der Waals surface area (Å²) in [4.78, 5) is 18.2. The Hall–Kier alpha value is -0.770. The summed E-state index contributed by atoms with van der Waals surface area (Å²) in [5.74, 6) is 0.884. The van der Waals surface area contributed by atoms with E-state index in [1.807, 2.05) is 0 Å². The molecule has 0 saturated heterocycles. The molecule has 3 aliphatic rings. The lowest BCUT2D eigenvalue weighted by Gasteiger charge is -2.61. The van der Waals surface area contributed by atoms with E-state index in [9.17, 15) is 4.79 Å². The van der Waals surface area contributed by atoms with Crippen LogP contribution in [0, 0.1) is 5.92 Å². The van der Waals surface area contributed by atoms with E-state index >= 15 is 0 Å². The standard InChI is InChI=1S/C9H10N2OS/c12-7-6(4-10-8(13)11-7)9-1-5(2-9)3-9/h4-5H,1-3H2,(H2,10,11,12,13). The van der Waals surface area contributed by atoms with Crippen LogP contribution in [0.2, 0.25) is 0 Å². The minimum absolute atomic E-state index is 0.00171. The molecule has 0 atom stereocenters. The molecule has 4 heteroatoms. The first kappa shape index (κ1) is 7.62. The second-order valence-electron chi connectivity index (χ2n) is 4.21. The fourth-order valence-electron chi connectivity index (χ4n) is 2.57. The number of nitrogens with one attached hydrogen (secondary N) is 1. The Morgan fingerprint density at radius 3 is 2.69 bits per heavy atom. The molecule has 0 aliphatic heterocycles. The SMILES string of the molecule is O=c1[nH]c(S)ncc1C12CC(C1)C2. The first-order valence-electron chi connectivity index (χ1n) is 4.48. The summed E-state index contributed by atoms with van der Waals surface area (Å²) in [6, 6.07) is 0. The molecule has 2 bridgehead atoms. The summed E-state index contributed by atoms with van der Waals surface area (Å²) in [5.41, 5.74) is 1.07. The van der Waals surface area contributed by atoms with Crippen molar-refractivity contribution in [1.29, 1.82) is 0 Å². The van der Waals surface area contributed by atoms with Gasteiger partial charge in [0.15, 0.2) is 5.16 Å². The molecular formula is C9H10N2OS. The van der Waals surface area contributed by atoms with Crippen LogP contribution in [0.15, 0.2) is 16.1 Å². The number of rotatable bonds is 1. The third kappa shape index (κ3) is 0.866. The van der Waals surface area contributed by atoms with E-state index < -0.39 is 0 Å². The molecule has 3 saturated carbocycles. The maximum atomic E-state index is 11.6. The predicted molar refractivity (Wildman–Crippen MR) is 51.1 cm³/mol. The monoisotopic (exact) mass is 194 g/mol. The van der Waals surface area contributed by atoms with Crippen LogP contribution in [0.3, 0.4) is 0 Å². The van der Waals surface area contributed by atoms with E-state index in [0.29, 0.717) is 5.16 Å². The van der Waals surface area contributed by atoms with E-state index in [1.165, 1.54) is 19.3 Å². The molecule has 0 aromatic carbocycles. The van der Waals surface area contributed by atoms with Gasteiger partial charge in [-0.1, -0.05) is 0 Å². The van der Waals surface area contributed by atoms with Crippen LogP contribution >= 0.6 is 12.6 Å². The Morgan fingerprint density at radius 2 is 2.23 bits per heavy atom. The highest BCUT2D eigenvalue weighted by molar-refractivity contribution is 7.80.